The maximum absolute atomic E-state index is 12.6. The molecule has 27 heavy (non-hydrogen) atoms. The van der Waals surface area contributed by atoms with Crippen LogP contribution in [0.15, 0.2) is 24.3 Å². The molecule has 0 saturated heterocycles. The van der Waals surface area contributed by atoms with Gasteiger partial charge in [0.05, 0.1) is 31.0 Å². The molecule has 1 heterocycles. The molecule has 1 aromatic carbocycles. The van der Waals surface area contributed by atoms with Gasteiger partial charge in [-0.3, -0.25) is 4.79 Å². The summed E-state index contributed by atoms with van der Waals surface area (Å²) in [5.74, 6) is -0.694. The fourth-order valence-electron chi connectivity index (χ4n) is 3.02. The monoisotopic (exact) mass is 383 g/mol. The van der Waals surface area contributed by atoms with Crippen LogP contribution in [-0.2, 0) is 17.5 Å². The van der Waals surface area contributed by atoms with Gasteiger partial charge in [0.1, 0.15) is 13.1 Å². The van der Waals surface area contributed by atoms with Crippen LogP contribution in [0, 0.1) is 13.8 Å². The van der Waals surface area contributed by atoms with Crippen molar-refractivity contribution in [2.75, 3.05) is 20.7 Å². The first-order valence-electron chi connectivity index (χ1n) is 8.32. The third-order valence-corrected chi connectivity index (χ3v) is 4.36. The summed E-state index contributed by atoms with van der Waals surface area (Å²) in [5.41, 5.74) is 1.78. The van der Waals surface area contributed by atoms with Crippen molar-refractivity contribution in [1.82, 2.24) is 4.98 Å². The number of carbonyl (C=O) groups is 2. The Balaban J connectivity index is 2.07. The number of aryl methyl sites for hydroxylation is 1. The van der Waals surface area contributed by atoms with Crippen LogP contribution in [0.1, 0.15) is 43.2 Å². The average Bonchev–Trinajstić information content (AvgIpc) is 2.88. The molecule has 5 nitrogen and oxygen atoms in total. The molecule has 0 aliphatic carbocycles. The van der Waals surface area contributed by atoms with Crippen LogP contribution in [0.25, 0.3) is 0 Å². The smallest absolute Gasteiger partial charge is 0.416 e. The molecule has 8 heteroatoms. The van der Waals surface area contributed by atoms with Crippen LogP contribution < -0.4 is 4.90 Å². The van der Waals surface area contributed by atoms with E-state index >= 15 is 0 Å². The number of alkyl halides is 3. The molecule has 0 radical (unpaired) electrons. The molecule has 0 spiro atoms. The number of esters is 1. The Hall–Kier alpha value is -2.61. The topological polar surface area (TPSA) is 63.6 Å². The minimum absolute atomic E-state index is 0.127. The van der Waals surface area contributed by atoms with Gasteiger partial charge in [-0.25, -0.2) is 4.79 Å². The van der Waals surface area contributed by atoms with Crippen LogP contribution in [0.3, 0.4) is 0 Å². The Morgan fingerprint density at radius 3 is 2.26 bits per heavy atom. The molecular weight excluding hydrogens is 361 g/mol. The highest BCUT2D eigenvalue weighted by Crippen LogP contribution is 2.29. The number of quaternary nitrogens is 1. The first-order chi connectivity index (χ1) is 12.5. The Bertz CT molecular complexity index is 839. The number of H-pyrrole nitrogens is 1. The fraction of sp³-hybridized carbons (Fsp3) is 0.368. The summed E-state index contributed by atoms with van der Waals surface area (Å²) in [4.78, 5) is 28.1. The molecule has 2 aromatic rings. The van der Waals surface area contributed by atoms with Crippen LogP contribution in [0.5, 0.6) is 0 Å². The van der Waals surface area contributed by atoms with E-state index in [9.17, 15) is 22.8 Å². The van der Waals surface area contributed by atoms with Crippen molar-refractivity contribution in [3.63, 3.8) is 0 Å². The largest absolute Gasteiger partial charge is 0.465 e. The highest BCUT2D eigenvalue weighted by molar-refractivity contribution is 6.01. The highest BCUT2D eigenvalue weighted by atomic mass is 19.4. The lowest BCUT2D eigenvalue weighted by Gasteiger charge is -2.14. The highest BCUT2D eigenvalue weighted by Gasteiger charge is 2.30. The predicted octanol–water partition coefficient (Wildman–Crippen LogP) is 2.33. The Morgan fingerprint density at radius 1 is 1.15 bits per heavy atom. The normalized spacial score (nSPS) is 12.7. The number of methoxy groups -OCH3 is 1. The summed E-state index contributed by atoms with van der Waals surface area (Å²) in [6.07, 6.45) is -4.37. The van der Waals surface area contributed by atoms with E-state index in [0.29, 0.717) is 34.6 Å². The van der Waals surface area contributed by atoms with Crippen molar-refractivity contribution in [2.24, 2.45) is 0 Å². The quantitative estimate of drug-likeness (QED) is 0.595. The predicted molar refractivity (Wildman–Crippen MR) is 92.8 cm³/mol. The fourth-order valence-corrected chi connectivity index (χ4v) is 3.02. The first kappa shape index (κ1) is 20.7. The van der Waals surface area contributed by atoms with Crippen LogP contribution in [0.2, 0.25) is 0 Å². The van der Waals surface area contributed by atoms with Gasteiger partial charge in [-0.15, -0.1) is 0 Å². The number of aromatic amines is 1. The number of ether oxygens (including phenoxy) is 1. The molecule has 2 rings (SSSR count). The molecule has 0 aliphatic rings. The Labute approximate surface area is 155 Å². The van der Waals surface area contributed by atoms with Gasteiger partial charge in [0, 0.05) is 11.3 Å². The van der Waals surface area contributed by atoms with E-state index in [-0.39, 0.29) is 12.3 Å². The van der Waals surface area contributed by atoms with Crippen molar-refractivity contribution in [2.45, 2.75) is 26.6 Å². The molecule has 146 valence electrons. The van der Waals surface area contributed by atoms with Crippen molar-refractivity contribution < 1.29 is 32.4 Å². The average molecular weight is 383 g/mol. The zero-order valence-corrected chi connectivity index (χ0v) is 15.6. The van der Waals surface area contributed by atoms with Crippen molar-refractivity contribution in [1.29, 1.82) is 0 Å². The molecule has 0 fully saturated rings. The first-order valence-corrected chi connectivity index (χ1v) is 8.32. The van der Waals surface area contributed by atoms with E-state index in [4.69, 9.17) is 4.74 Å². The number of ketones is 1. The van der Waals surface area contributed by atoms with Gasteiger partial charge in [0.25, 0.3) is 0 Å². The van der Waals surface area contributed by atoms with Crippen molar-refractivity contribution in [3.8, 4) is 0 Å². The Morgan fingerprint density at radius 2 is 1.74 bits per heavy atom. The Kier molecular flexibility index (Phi) is 6.10. The summed E-state index contributed by atoms with van der Waals surface area (Å²) in [6.45, 7) is 3.89. The summed E-state index contributed by atoms with van der Waals surface area (Å²) in [5, 5.41) is 0. The third-order valence-electron chi connectivity index (χ3n) is 4.36. The second-order valence-electron chi connectivity index (χ2n) is 6.55. The lowest BCUT2D eigenvalue weighted by Crippen LogP contribution is -3.08. The van der Waals surface area contributed by atoms with E-state index in [1.54, 1.807) is 20.9 Å². The van der Waals surface area contributed by atoms with Gasteiger partial charge >= 0.3 is 12.1 Å². The van der Waals surface area contributed by atoms with E-state index in [0.717, 1.165) is 17.0 Å². The number of Topliss-reactive ketones (excluding diaryl/α,β-unsaturated/α-hetero) is 1. The molecule has 0 saturated carbocycles. The number of halogens is 3. The second-order valence-corrected chi connectivity index (χ2v) is 6.55. The van der Waals surface area contributed by atoms with E-state index < -0.39 is 17.7 Å². The zero-order valence-electron chi connectivity index (χ0n) is 15.6. The third kappa shape index (κ3) is 4.77. The van der Waals surface area contributed by atoms with Crippen LogP contribution in [0.4, 0.5) is 13.2 Å². The minimum atomic E-state index is -4.37. The van der Waals surface area contributed by atoms with Crippen LogP contribution >= 0.6 is 0 Å². The number of nitrogens with one attached hydrogen (secondary N) is 2. The zero-order chi connectivity index (χ0) is 20.4. The van der Waals surface area contributed by atoms with Crippen LogP contribution in [-0.4, -0.2) is 37.4 Å². The van der Waals surface area contributed by atoms with Gasteiger partial charge in [0.15, 0.2) is 0 Å². The molecule has 2 N–H and O–H groups in total. The van der Waals surface area contributed by atoms with E-state index in [1.807, 2.05) is 0 Å². The summed E-state index contributed by atoms with van der Waals surface area (Å²) >= 11 is 0. The second kappa shape index (κ2) is 7.96. The molecular formula is C19H22F3N2O3+. The van der Waals surface area contributed by atoms with Gasteiger partial charge in [0.2, 0.25) is 5.78 Å². The number of rotatable bonds is 6. The molecule has 0 bridgehead atoms. The van der Waals surface area contributed by atoms with Crippen molar-refractivity contribution >= 4 is 11.8 Å². The van der Waals surface area contributed by atoms with Gasteiger partial charge < -0.3 is 14.6 Å². The number of benzene rings is 1. The van der Waals surface area contributed by atoms with Gasteiger partial charge in [-0.2, -0.15) is 13.2 Å². The number of carbonyl (C=O) groups excluding carboxylic acids is 2. The summed E-state index contributed by atoms with van der Waals surface area (Å²) in [6, 6.07) is 4.89. The maximum atomic E-state index is 12.6. The molecule has 1 atom stereocenters. The van der Waals surface area contributed by atoms with Gasteiger partial charge in [-0.1, -0.05) is 12.1 Å². The minimum Gasteiger partial charge on any atom is -0.465 e. The molecule has 1 unspecified atom stereocenters. The summed E-state index contributed by atoms with van der Waals surface area (Å²) < 4.78 is 42.6. The molecule has 1 aromatic heterocycles. The number of hydrogen-bond donors (Lipinski definition) is 2. The maximum Gasteiger partial charge on any atom is 0.416 e. The lowest BCUT2D eigenvalue weighted by atomic mass is 10.1. The number of hydrogen-bond acceptors (Lipinski definition) is 3. The van der Waals surface area contributed by atoms with Crippen molar-refractivity contribution in [3.05, 3.63) is 57.9 Å². The SMILES string of the molecule is COC(=O)c1c(C)[nH]c(C(=O)C[NH+](C)Cc2ccc(C(F)(F)F)cc2)c1C. The molecule has 0 aliphatic heterocycles. The molecule has 0 amide bonds. The van der Waals surface area contributed by atoms with Gasteiger partial charge in [-0.05, 0) is 31.5 Å². The number of likely N-dealkylation sites (N-methyl/N-ethyl adjacent to an activating group) is 1. The lowest BCUT2D eigenvalue weighted by molar-refractivity contribution is -0.884. The van der Waals surface area contributed by atoms with E-state index in [2.05, 4.69) is 4.98 Å². The standard InChI is InChI=1S/C19H21F3N2O3/c1-11-16(18(26)27-4)12(2)23-17(11)15(25)10-24(3)9-13-5-7-14(8-6-13)19(20,21)22/h5-8,23H,9-10H2,1-4H3/p+1. The number of aromatic nitrogens is 1. The van der Waals surface area contributed by atoms with E-state index in [1.165, 1.54) is 19.2 Å². The summed E-state index contributed by atoms with van der Waals surface area (Å²) in [7, 11) is 3.06.